The van der Waals surface area contributed by atoms with Crippen LogP contribution in [0.4, 0.5) is 0 Å². The zero-order valence-corrected chi connectivity index (χ0v) is 10.3. The molecule has 1 aromatic heterocycles. The van der Waals surface area contributed by atoms with Gasteiger partial charge in [0.2, 0.25) is 0 Å². The fraction of sp³-hybridized carbons (Fsp3) is 0.182. The van der Waals surface area contributed by atoms with Gasteiger partial charge in [0.25, 0.3) is 5.82 Å². The second kappa shape index (κ2) is 5.19. The Labute approximate surface area is 108 Å². The van der Waals surface area contributed by atoms with Crippen LogP contribution in [0.15, 0.2) is 24.3 Å². The average molecular weight is 258 g/mol. The van der Waals surface area contributed by atoms with Crippen LogP contribution < -0.4 is 0 Å². The highest BCUT2D eigenvalue weighted by atomic mass is 16.5. The summed E-state index contributed by atoms with van der Waals surface area (Å²) in [6, 6.07) is 6.33. The number of aryl methyl sites for hydroxylation is 1. The number of esters is 1. The van der Waals surface area contributed by atoms with Gasteiger partial charge >= 0.3 is 11.7 Å². The van der Waals surface area contributed by atoms with Crippen molar-refractivity contribution in [1.82, 2.24) is 20.2 Å². The number of methoxy groups -OCH3 is 1. The van der Waals surface area contributed by atoms with Crippen molar-refractivity contribution in [2.45, 2.75) is 0 Å². The molecule has 0 fully saturated rings. The normalized spacial score (nSPS) is 9.79. The molecule has 96 valence electrons. The molecule has 0 amide bonds. The number of hydrogen-bond acceptors (Lipinski definition) is 5. The molecule has 1 heterocycles. The third kappa shape index (κ3) is 2.53. The average Bonchev–Trinajstić information content (AvgIpc) is 2.86. The van der Waals surface area contributed by atoms with Crippen LogP contribution >= 0.6 is 0 Å². The van der Waals surface area contributed by atoms with E-state index in [1.54, 1.807) is 31.3 Å². The van der Waals surface area contributed by atoms with Crippen molar-refractivity contribution in [3.05, 3.63) is 46.7 Å². The summed E-state index contributed by atoms with van der Waals surface area (Å²) >= 11 is 0. The topological polar surface area (TPSA) is 106 Å². The van der Waals surface area contributed by atoms with Gasteiger partial charge in [-0.05, 0) is 29.5 Å². The van der Waals surface area contributed by atoms with Crippen LogP contribution in [-0.2, 0) is 11.8 Å². The zero-order valence-electron chi connectivity index (χ0n) is 10.3. The van der Waals surface area contributed by atoms with Crippen LogP contribution in [-0.4, -0.2) is 43.8 Å². The van der Waals surface area contributed by atoms with Crippen molar-refractivity contribution in [3.8, 4) is 0 Å². The lowest BCUT2D eigenvalue weighted by molar-refractivity contribution is -0.00352. The van der Waals surface area contributed by atoms with Crippen LogP contribution in [0.1, 0.15) is 21.7 Å². The molecule has 0 radical (unpaired) electrons. The highest BCUT2D eigenvalue weighted by Crippen LogP contribution is 2.08. The molecule has 2 rings (SSSR count). The minimum absolute atomic E-state index is 0.171. The summed E-state index contributed by atoms with van der Waals surface area (Å²) in [6.07, 6.45) is 0. The van der Waals surface area contributed by atoms with E-state index in [-0.39, 0.29) is 11.5 Å². The molecule has 19 heavy (non-hydrogen) atoms. The Kier molecular flexibility index (Phi) is 3.44. The van der Waals surface area contributed by atoms with Gasteiger partial charge in [0.05, 0.1) is 25.3 Å². The molecule has 0 aliphatic rings. The summed E-state index contributed by atoms with van der Waals surface area (Å²) < 4.78 is 4.59. The number of tetrazole rings is 1. The van der Waals surface area contributed by atoms with Crippen molar-refractivity contribution < 1.29 is 14.3 Å². The minimum atomic E-state index is -0.438. The first-order valence-corrected chi connectivity index (χ1v) is 5.31. The number of carbonyl (C=O) groups is 1. The molecule has 0 saturated heterocycles. The van der Waals surface area contributed by atoms with Gasteiger partial charge in [0, 0.05) is 0 Å². The second-order valence-electron chi connectivity index (χ2n) is 3.62. The standard InChI is InChI=1S/C11H10N6O2/c1-17-15-10(14-16-17)9(13-12)7-3-5-8(6-4-7)11(18)19-2/h3-6H,1-2H3. The van der Waals surface area contributed by atoms with E-state index in [2.05, 4.69) is 24.9 Å². The van der Waals surface area contributed by atoms with E-state index in [9.17, 15) is 4.79 Å². The Morgan fingerprint density at radius 2 is 1.95 bits per heavy atom. The van der Waals surface area contributed by atoms with Crippen molar-refractivity contribution in [3.63, 3.8) is 0 Å². The van der Waals surface area contributed by atoms with Gasteiger partial charge in [-0.1, -0.05) is 0 Å². The summed E-state index contributed by atoms with van der Waals surface area (Å²) in [4.78, 5) is 15.7. The van der Waals surface area contributed by atoms with Crippen LogP contribution in [0.5, 0.6) is 0 Å². The maximum atomic E-state index is 11.3. The molecule has 2 aromatic rings. The smallest absolute Gasteiger partial charge is 0.370 e. The fourth-order valence-electron chi connectivity index (χ4n) is 1.49. The Morgan fingerprint density at radius 1 is 1.32 bits per heavy atom. The molecule has 0 aliphatic carbocycles. The van der Waals surface area contributed by atoms with Crippen LogP contribution in [0.2, 0.25) is 0 Å². The molecule has 0 bridgehead atoms. The Morgan fingerprint density at radius 3 is 2.42 bits per heavy atom. The van der Waals surface area contributed by atoms with E-state index in [0.717, 1.165) is 0 Å². The summed E-state index contributed by atoms with van der Waals surface area (Å²) in [7, 11) is 2.91. The summed E-state index contributed by atoms with van der Waals surface area (Å²) in [5, 5.41) is 11.4. The number of carbonyl (C=O) groups excluding carboxylic acids is 1. The van der Waals surface area contributed by atoms with Gasteiger partial charge in [-0.15, -0.1) is 10.2 Å². The Hall–Kier alpha value is -2.86. The first-order valence-electron chi connectivity index (χ1n) is 5.31. The molecule has 1 aromatic carbocycles. The number of aromatic nitrogens is 4. The Bertz CT molecular complexity index is 654. The molecule has 0 unspecified atom stereocenters. The van der Waals surface area contributed by atoms with E-state index >= 15 is 0 Å². The van der Waals surface area contributed by atoms with Crippen molar-refractivity contribution in [2.75, 3.05) is 7.11 Å². The van der Waals surface area contributed by atoms with Crippen molar-refractivity contribution in [1.29, 1.82) is 0 Å². The number of benzene rings is 1. The number of rotatable bonds is 3. The third-order valence-corrected chi connectivity index (χ3v) is 2.40. The SMILES string of the molecule is COC(=O)c1ccc(C(=[N+]=[N-])c2nnn(C)n2)cc1. The predicted octanol–water partition coefficient (Wildman–Crippen LogP) is 0.0639. The van der Waals surface area contributed by atoms with E-state index in [0.29, 0.717) is 11.1 Å². The predicted molar refractivity (Wildman–Crippen MR) is 63.4 cm³/mol. The largest absolute Gasteiger partial charge is 0.465 e. The monoisotopic (exact) mass is 258 g/mol. The van der Waals surface area contributed by atoms with Crippen LogP contribution in [0.25, 0.3) is 5.53 Å². The van der Waals surface area contributed by atoms with Crippen molar-refractivity contribution in [2.24, 2.45) is 7.05 Å². The minimum Gasteiger partial charge on any atom is -0.465 e. The lowest BCUT2D eigenvalue weighted by atomic mass is 10.1. The van der Waals surface area contributed by atoms with E-state index in [1.807, 2.05) is 0 Å². The summed E-state index contributed by atoms with van der Waals surface area (Å²) in [6.45, 7) is 0. The van der Waals surface area contributed by atoms with E-state index < -0.39 is 5.97 Å². The molecular weight excluding hydrogens is 248 g/mol. The number of hydrogen-bond donors (Lipinski definition) is 0. The zero-order chi connectivity index (χ0) is 13.8. The van der Waals surface area contributed by atoms with Gasteiger partial charge in [-0.25, -0.2) is 4.79 Å². The second-order valence-corrected chi connectivity index (χ2v) is 3.62. The molecule has 0 spiro atoms. The quantitative estimate of drug-likeness (QED) is 0.335. The fourth-order valence-corrected chi connectivity index (χ4v) is 1.49. The lowest BCUT2D eigenvalue weighted by Crippen LogP contribution is -2.09. The highest BCUT2D eigenvalue weighted by molar-refractivity contribution is 6.06. The lowest BCUT2D eigenvalue weighted by Gasteiger charge is -1.98. The maximum absolute atomic E-state index is 11.3. The molecule has 0 saturated carbocycles. The van der Waals surface area contributed by atoms with E-state index in [1.165, 1.54) is 11.9 Å². The van der Waals surface area contributed by atoms with Gasteiger partial charge in [-0.2, -0.15) is 9.59 Å². The molecule has 8 heteroatoms. The molecule has 8 nitrogen and oxygen atoms in total. The molecule has 0 aliphatic heterocycles. The number of nitrogens with zero attached hydrogens (tertiary/aromatic N) is 6. The van der Waals surface area contributed by atoms with E-state index in [4.69, 9.17) is 5.53 Å². The highest BCUT2D eigenvalue weighted by Gasteiger charge is 2.21. The molecular formula is C11H10N6O2. The summed E-state index contributed by atoms with van der Waals surface area (Å²) in [5.74, 6) is -0.248. The molecule has 0 N–H and O–H groups in total. The molecule has 0 atom stereocenters. The van der Waals surface area contributed by atoms with Gasteiger partial charge in [0.1, 0.15) is 0 Å². The van der Waals surface area contributed by atoms with Crippen LogP contribution in [0, 0.1) is 0 Å². The third-order valence-electron chi connectivity index (χ3n) is 2.40. The van der Waals surface area contributed by atoms with Gasteiger partial charge < -0.3 is 10.3 Å². The summed E-state index contributed by atoms with van der Waals surface area (Å²) in [5.41, 5.74) is 10.2. The first kappa shape index (κ1) is 12.6. The number of ether oxygens (including phenoxy) is 1. The van der Waals surface area contributed by atoms with Crippen LogP contribution in [0.3, 0.4) is 0 Å². The van der Waals surface area contributed by atoms with Crippen molar-refractivity contribution >= 4 is 11.7 Å². The maximum Gasteiger partial charge on any atom is 0.370 e. The first-order chi connectivity index (χ1) is 9.15. The Balaban J connectivity index is 2.36. The van der Waals surface area contributed by atoms with Gasteiger partial charge in [-0.3, -0.25) is 0 Å². The van der Waals surface area contributed by atoms with Gasteiger partial charge in [0.15, 0.2) is 0 Å².